The Morgan fingerprint density at radius 2 is 2.27 bits per heavy atom. The van der Waals surface area contributed by atoms with E-state index in [1.54, 1.807) is 6.92 Å². The predicted molar refractivity (Wildman–Crippen MR) is 64.2 cm³/mol. The molecular weight excluding hydrogens is 258 g/mol. The van der Waals surface area contributed by atoms with Crippen LogP contribution in [-0.2, 0) is 4.79 Å². The standard InChI is InChI=1S/C11H14BrNO2/c1-7-3-4-9(5-10(7)12)13-6-8(2)11(14)15/h3-5,8,13H,6H2,1-2H3,(H,14,15). The molecule has 0 fully saturated rings. The molecule has 0 saturated carbocycles. The smallest absolute Gasteiger partial charge is 0.308 e. The number of nitrogens with one attached hydrogen (secondary N) is 1. The lowest BCUT2D eigenvalue weighted by Crippen LogP contribution is -2.19. The number of carboxylic acids is 1. The van der Waals surface area contributed by atoms with E-state index in [2.05, 4.69) is 21.2 Å². The quantitative estimate of drug-likeness (QED) is 0.886. The highest BCUT2D eigenvalue weighted by Crippen LogP contribution is 2.20. The summed E-state index contributed by atoms with van der Waals surface area (Å²) >= 11 is 3.43. The third-order valence-electron chi connectivity index (χ3n) is 2.21. The largest absolute Gasteiger partial charge is 0.481 e. The molecule has 0 aromatic heterocycles. The van der Waals surface area contributed by atoms with Crippen molar-refractivity contribution in [3.8, 4) is 0 Å². The van der Waals surface area contributed by atoms with E-state index in [1.807, 2.05) is 25.1 Å². The maximum absolute atomic E-state index is 10.6. The van der Waals surface area contributed by atoms with Crippen LogP contribution >= 0.6 is 15.9 Å². The molecule has 0 aliphatic rings. The van der Waals surface area contributed by atoms with E-state index in [9.17, 15) is 4.79 Å². The van der Waals surface area contributed by atoms with E-state index >= 15 is 0 Å². The van der Waals surface area contributed by atoms with Crippen molar-refractivity contribution in [3.05, 3.63) is 28.2 Å². The lowest BCUT2D eigenvalue weighted by atomic mass is 10.1. The van der Waals surface area contributed by atoms with Gasteiger partial charge in [0.1, 0.15) is 0 Å². The molecule has 0 spiro atoms. The van der Waals surface area contributed by atoms with Gasteiger partial charge in [-0.25, -0.2) is 0 Å². The van der Waals surface area contributed by atoms with Gasteiger partial charge in [0.25, 0.3) is 0 Å². The number of halogens is 1. The first-order valence-electron chi connectivity index (χ1n) is 4.73. The summed E-state index contributed by atoms with van der Waals surface area (Å²) in [5, 5.41) is 11.8. The van der Waals surface area contributed by atoms with Crippen LogP contribution in [-0.4, -0.2) is 17.6 Å². The Morgan fingerprint density at radius 3 is 2.80 bits per heavy atom. The third-order valence-corrected chi connectivity index (χ3v) is 3.06. The molecule has 82 valence electrons. The van der Waals surface area contributed by atoms with E-state index < -0.39 is 5.97 Å². The van der Waals surface area contributed by atoms with Gasteiger partial charge < -0.3 is 10.4 Å². The summed E-state index contributed by atoms with van der Waals surface area (Å²) in [7, 11) is 0. The van der Waals surface area contributed by atoms with Crippen LogP contribution in [0.1, 0.15) is 12.5 Å². The maximum Gasteiger partial charge on any atom is 0.308 e. The number of carboxylic acid groups (broad SMARTS) is 1. The number of aliphatic carboxylic acids is 1. The van der Waals surface area contributed by atoms with Crippen LogP contribution in [0.5, 0.6) is 0 Å². The highest BCUT2D eigenvalue weighted by atomic mass is 79.9. The average molecular weight is 272 g/mol. The van der Waals surface area contributed by atoms with E-state index in [4.69, 9.17) is 5.11 Å². The fourth-order valence-corrected chi connectivity index (χ4v) is 1.44. The molecular formula is C11H14BrNO2. The van der Waals surface area contributed by atoms with Gasteiger partial charge in [-0.05, 0) is 24.6 Å². The zero-order chi connectivity index (χ0) is 11.4. The molecule has 2 N–H and O–H groups in total. The van der Waals surface area contributed by atoms with Gasteiger partial charge in [-0.1, -0.05) is 28.9 Å². The highest BCUT2D eigenvalue weighted by Gasteiger charge is 2.09. The van der Waals surface area contributed by atoms with Crippen LogP contribution in [0, 0.1) is 12.8 Å². The molecule has 15 heavy (non-hydrogen) atoms. The van der Waals surface area contributed by atoms with Crippen molar-refractivity contribution in [2.45, 2.75) is 13.8 Å². The van der Waals surface area contributed by atoms with Gasteiger partial charge in [-0.3, -0.25) is 4.79 Å². The number of rotatable bonds is 4. The Bertz CT molecular complexity index is 366. The number of aryl methyl sites for hydroxylation is 1. The molecule has 1 rings (SSSR count). The summed E-state index contributed by atoms with van der Waals surface area (Å²) in [6, 6.07) is 5.87. The zero-order valence-electron chi connectivity index (χ0n) is 8.75. The minimum absolute atomic E-state index is 0.384. The molecule has 1 atom stereocenters. The van der Waals surface area contributed by atoms with Crippen molar-refractivity contribution in [2.24, 2.45) is 5.92 Å². The van der Waals surface area contributed by atoms with Gasteiger partial charge in [0.15, 0.2) is 0 Å². The van der Waals surface area contributed by atoms with E-state index in [-0.39, 0.29) is 5.92 Å². The number of anilines is 1. The summed E-state index contributed by atoms with van der Waals surface area (Å²) in [6.45, 7) is 4.12. The maximum atomic E-state index is 10.6. The first-order valence-corrected chi connectivity index (χ1v) is 5.53. The second-order valence-corrected chi connectivity index (χ2v) is 4.44. The molecule has 0 bridgehead atoms. The molecule has 4 heteroatoms. The van der Waals surface area contributed by atoms with E-state index in [0.29, 0.717) is 6.54 Å². The minimum Gasteiger partial charge on any atom is -0.481 e. The Labute approximate surface area is 97.6 Å². The number of hydrogen-bond acceptors (Lipinski definition) is 2. The highest BCUT2D eigenvalue weighted by molar-refractivity contribution is 9.10. The second kappa shape index (κ2) is 5.16. The fraction of sp³-hybridized carbons (Fsp3) is 0.364. The van der Waals surface area contributed by atoms with Crippen molar-refractivity contribution in [1.29, 1.82) is 0 Å². The van der Waals surface area contributed by atoms with Gasteiger partial charge in [0, 0.05) is 16.7 Å². The topological polar surface area (TPSA) is 49.3 Å². The van der Waals surface area contributed by atoms with Crippen molar-refractivity contribution >= 4 is 27.6 Å². The van der Waals surface area contributed by atoms with Crippen LogP contribution in [0.25, 0.3) is 0 Å². The lowest BCUT2D eigenvalue weighted by Gasteiger charge is -2.10. The third kappa shape index (κ3) is 3.55. The first kappa shape index (κ1) is 12.0. The number of hydrogen-bond donors (Lipinski definition) is 2. The van der Waals surface area contributed by atoms with Crippen LogP contribution < -0.4 is 5.32 Å². The molecule has 0 aliphatic heterocycles. The Hall–Kier alpha value is -1.03. The number of benzene rings is 1. The average Bonchev–Trinajstić information content (AvgIpc) is 2.19. The summed E-state index contributed by atoms with van der Waals surface area (Å²) < 4.78 is 1.02. The van der Waals surface area contributed by atoms with Gasteiger partial charge in [0.2, 0.25) is 0 Å². The SMILES string of the molecule is Cc1ccc(NCC(C)C(=O)O)cc1Br. The Balaban J connectivity index is 2.58. The molecule has 1 aromatic carbocycles. The first-order chi connectivity index (χ1) is 7.00. The number of carbonyl (C=O) groups is 1. The van der Waals surface area contributed by atoms with Crippen molar-refractivity contribution < 1.29 is 9.90 Å². The van der Waals surface area contributed by atoms with E-state index in [0.717, 1.165) is 15.7 Å². The second-order valence-electron chi connectivity index (χ2n) is 3.58. The molecule has 1 aromatic rings. The van der Waals surface area contributed by atoms with Crippen LogP contribution in [0.3, 0.4) is 0 Å². The van der Waals surface area contributed by atoms with Gasteiger partial charge in [-0.15, -0.1) is 0 Å². The van der Waals surface area contributed by atoms with Crippen LogP contribution in [0.2, 0.25) is 0 Å². The molecule has 1 unspecified atom stereocenters. The van der Waals surface area contributed by atoms with E-state index in [1.165, 1.54) is 0 Å². The predicted octanol–water partition coefficient (Wildman–Crippen LogP) is 2.89. The minimum atomic E-state index is -0.784. The monoisotopic (exact) mass is 271 g/mol. The normalized spacial score (nSPS) is 12.2. The van der Waals surface area contributed by atoms with Crippen molar-refractivity contribution in [1.82, 2.24) is 0 Å². The fourth-order valence-electron chi connectivity index (χ4n) is 1.06. The molecule has 0 heterocycles. The Morgan fingerprint density at radius 1 is 1.60 bits per heavy atom. The molecule has 0 saturated heterocycles. The van der Waals surface area contributed by atoms with Gasteiger partial charge >= 0.3 is 5.97 Å². The van der Waals surface area contributed by atoms with Crippen LogP contribution in [0.15, 0.2) is 22.7 Å². The van der Waals surface area contributed by atoms with Gasteiger partial charge in [0.05, 0.1) is 5.92 Å². The molecule has 0 aliphatic carbocycles. The zero-order valence-corrected chi connectivity index (χ0v) is 10.3. The van der Waals surface area contributed by atoms with Crippen molar-refractivity contribution in [2.75, 3.05) is 11.9 Å². The summed E-state index contributed by atoms with van der Waals surface area (Å²) in [5.41, 5.74) is 2.09. The van der Waals surface area contributed by atoms with Crippen LogP contribution in [0.4, 0.5) is 5.69 Å². The molecule has 0 radical (unpaired) electrons. The lowest BCUT2D eigenvalue weighted by molar-refractivity contribution is -0.140. The van der Waals surface area contributed by atoms with Crippen molar-refractivity contribution in [3.63, 3.8) is 0 Å². The summed E-state index contributed by atoms with van der Waals surface area (Å²) in [5.74, 6) is -1.17. The van der Waals surface area contributed by atoms with Gasteiger partial charge in [-0.2, -0.15) is 0 Å². The molecule has 0 amide bonds. The Kier molecular flexibility index (Phi) is 4.15. The summed E-state index contributed by atoms with van der Waals surface area (Å²) in [6.07, 6.45) is 0. The molecule has 3 nitrogen and oxygen atoms in total. The summed E-state index contributed by atoms with van der Waals surface area (Å²) in [4.78, 5) is 10.6.